The average Bonchev–Trinajstić information content (AvgIpc) is 2.91. The van der Waals surface area contributed by atoms with Gasteiger partial charge in [0.1, 0.15) is 0 Å². The van der Waals surface area contributed by atoms with Crippen LogP contribution in [0.15, 0.2) is 16.9 Å². The predicted octanol–water partition coefficient (Wildman–Crippen LogP) is 1.11. The molecular weight excluding hydrogens is 300 g/mol. The Balaban J connectivity index is 1.85. The highest BCUT2D eigenvalue weighted by molar-refractivity contribution is 9.10. The van der Waals surface area contributed by atoms with Crippen LogP contribution >= 0.6 is 15.9 Å². The molecule has 2 aliphatic rings. The predicted molar refractivity (Wildman–Crippen MR) is 68.1 cm³/mol. The van der Waals surface area contributed by atoms with Crippen LogP contribution in [0.2, 0.25) is 0 Å². The van der Waals surface area contributed by atoms with E-state index in [-0.39, 0.29) is 12.6 Å². The number of rotatable bonds is 2. The van der Waals surface area contributed by atoms with Crippen LogP contribution in [0.3, 0.4) is 0 Å². The minimum absolute atomic E-state index is 0.0149. The zero-order chi connectivity index (χ0) is 12.8. The van der Waals surface area contributed by atoms with E-state index < -0.39 is 11.0 Å². The first-order chi connectivity index (χ1) is 8.59. The normalized spacial score (nSPS) is 39.8. The molecule has 1 saturated carbocycles. The van der Waals surface area contributed by atoms with Crippen LogP contribution in [0.1, 0.15) is 25.3 Å². The summed E-state index contributed by atoms with van der Waals surface area (Å²) in [7, 11) is 0. The van der Waals surface area contributed by atoms with Gasteiger partial charge in [-0.15, -0.1) is 0 Å². The molecule has 3 atom stereocenters. The summed E-state index contributed by atoms with van der Waals surface area (Å²) in [6.45, 7) is 0.751. The van der Waals surface area contributed by atoms with Gasteiger partial charge >= 0.3 is 0 Å². The smallest absolute Gasteiger partial charge is 0.1000 e. The van der Waals surface area contributed by atoms with Crippen molar-refractivity contribution in [3.63, 3.8) is 0 Å². The topological polar surface area (TPSA) is 67.5 Å². The largest absolute Gasteiger partial charge is 0.396 e. The van der Waals surface area contributed by atoms with E-state index in [0.29, 0.717) is 19.6 Å². The van der Waals surface area contributed by atoms with Crippen LogP contribution in [0.25, 0.3) is 0 Å². The van der Waals surface area contributed by atoms with Crippen LogP contribution < -0.4 is 0 Å². The molecule has 2 fully saturated rings. The maximum Gasteiger partial charge on any atom is 0.1000 e. The lowest BCUT2D eigenvalue weighted by Crippen LogP contribution is -2.54. The molecule has 1 saturated heterocycles. The van der Waals surface area contributed by atoms with Crippen molar-refractivity contribution in [1.82, 2.24) is 9.78 Å². The summed E-state index contributed by atoms with van der Waals surface area (Å²) >= 11 is 3.38. The van der Waals surface area contributed by atoms with E-state index in [0.717, 1.165) is 17.3 Å². The molecular formula is C12H17BrN2O3. The van der Waals surface area contributed by atoms with Gasteiger partial charge in [-0.05, 0) is 28.8 Å². The van der Waals surface area contributed by atoms with E-state index in [9.17, 15) is 10.2 Å². The van der Waals surface area contributed by atoms with Crippen LogP contribution in [-0.2, 0) is 4.74 Å². The third-order valence-corrected chi connectivity index (χ3v) is 4.89. The minimum atomic E-state index is -0.927. The first-order valence-electron chi connectivity index (χ1n) is 6.19. The van der Waals surface area contributed by atoms with E-state index in [4.69, 9.17) is 4.74 Å². The molecule has 2 heterocycles. The van der Waals surface area contributed by atoms with Crippen molar-refractivity contribution in [3.8, 4) is 0 Å². The maximum atomic E-state index is 10.8. The van der Waals surface area contributed by atoms with Gasteiger partial charge in [0.05, 0.1) is 42.1 Å². The van der Waals surface area contributed by atoms with Crippen molar-refractivity contribution < 1.29 is 14.9 Å². The van der Waals surface area contributed by atoms with E-state index in [2.05, 4.69) is 21.0 Å². The summed E-state index contributed by atoms with van der Waals surface area (Å²) in [5.41, 5.74) is -1.41. The fourth-order valence-electron chi connectivity index (χ4n) is 3.23. The van der Waals surface area contributed by atoms with Crippen molar-refractivity contribution in [1.29, 1.82) is 0 Å². The minimum Gasteiger partial charge on any atom is -0.396 e. The third kappa shape index (κ3) is 1.74. The Morgan fingerprint density at radius 3 is 3.06 bits per heavy atom. The molecule has 0 amide bonds. The monoisotopic (exact) mass is 316 g/mol. The Kier molecular flexibility index (Phi) is 3.01. The van der Waals surface area contributed by atoms with E-state index in [1.165, 1.54) is 0 Å². The van der Waals surface area contributed by atoms with E-state index in [1.807, 2.05) is 10.9 Å². The van der Waals surface area contributed by atoms with Crippen molar-refractivity contribution in [3.05, 3.63) is 16.9 Å². The Bertz CT molecular complexity index is 452. The lowest BCUT2D eigenvalue weighted by molar-refractivity contribution is -0.114. The zero-order valence-electron chi connectivity index (χ0n) is 10.0. The molecule has 1 aliphatic heterocycles. The number of aliphatic hydroxyl groups excluding tert-OH is 1. The van der Waals surface area contributed by atoms with Crippen LogP contribution in [0.5, 0.6) is 0 Å². The Morgan fingerprint density at radius 1 is 1.56 bits per heavy atom. The second-order valence-electron chi connectivity index (χ2n) is 5.50. The summed E-state index contributed by atoms with van der Waals surface area (Å²) < 4.78 is 8.26. The maximum absolute atomic E-state index is 10.8. The van der Waals surface area contributed by atoms with E-state index in [1.54, 1.807) is 6.20 Å². The standard InChI is InChI=1S/C12H17BrN2O3/c13-9-4-14-15(5-9)10-1-2-11(6-16)7-18-8-12(11,17)3-10/h4-5,10,16-17H,1-3,6-8H2/t10-,11-,12+/m0/s1. The van der Waals surface area contributed by atoms with Crippen molar-refractivity contribution >= 4 is 15.9 Å². The van der Waals surface area contributed by atoms with Gasteiger partial charge in [0.2, 0.25) is 0 Å². The van der Waals surface area contributed by atoms with Gasteiger partial charge in [-0.2, -0.15) is 5.10 Å². The molecule has 0 bridgehead atoms. The van der Waals surface area contributed by atoms with E-state index >= 15 is 0 Å². The molecule has 1 aliphatic carbocycles. The molecule has 0 spiro atoms. The quantitative estimate of drug-likeness (QED) is 0.857. The molecule has 2 N–H and O–H groups in total. The number of nitrogens with zero attached hydrogens (tertiary/aromatic N) is 2. The molecule has 1 aromatic heterocycles. The molecule has 0 aromatic carbocycles. The highest BCUT2D eigenvalue weighted by atomic mass is 79.9. The number of ether oxygens (including phenoxy) is 1. The van der Waals surface area contributed by atoms with Gasteiger partial charge in [-0.1, -0.05) is 0 Å². The number of fused-ring (bicyclic) bond motifs is 1. The molecule has 18 heavy (non-hydrogen) atoms. The Labute approximate surface area is 114 Å². The number of aliphatic hydroxyl groups is 2. The van der Waals surface area contributed by atoms with Crippen LogP contribution in [0.4, 0.5) is 0 Å². The van der Waals surface area contributed by atoms with Crippen molar-refractivity contribution in [2.75, 3.05) is 19.8 Å². The Hall–Kier alpha value is -0.430. The first kappa shape index (κ1) is 12.6. The zero-order valence-corrected chi connectivity index (χ0v) is 11.6. The average molecular weight is 317 g/mol. The highest BCUT2D eigenvalue weighted by Gasteiger charge is 2.58. The summed E-state index contributed by atoms with van der Waals surface area (Å²) in [5.74, 6) is 0. The molecule has 6 heteroatoms. The number of hydrogen-bond donors (Lipinski definition) is 2. The van der Waals surface area contributed by atoms with Crippen LogP contribution in [-0.4, -0.2) is 45.4 Å². The van der Waals surface area contributed by atoms with Gasteiger partial charge < -0.3 is 14.9 Å². The fourth-order valence-corrected chi connectivity index (χ4v) is 3.53. The number of hydrogen-bond acceptors (Lipinski definition) is 4. The Morgan fingerprint density at radius 2 is 2.39 bits per heavy atom. The van der Waals surface area contributed by atoms with Gasteiger partial charge in [-0.25, -0.2) is 0 Å². The summed E-state index contributed by atoms with van der Waals surface area (Å²) in [6.07, 6.45) is 5.93. The summed E-state index contributed by atoms with van der Waals surface area (Å²) in [6, 6.07) is 0.169. The molecule has 0 radical (unpaired) electrons. The lowest BCUT2D eigenvalue weighted by Gasteiger charge is -2.45. The second-order valence-corrected chi connectivity index (χ2v) is 6.41. The summed E-state index contributed by atoms with van der Waals surface area (Å²) in [5, 5.41) is 24.7. The first-order valence-corrected chi connectivity index (χ1v) is 6.99. The second kappa shape index (κ2) is 4.30. The van der Waals surface area contributed by atoms with Crippen molar-refractivity contribution in [2.45, 2.75) is 30.9 Å². The highest BCUT2D eigenvalue weighted by Crippen LogP contribution is 2.51. The molecule has 100 valence electrons. The van der Waals surface area contributed by atoms with Gasteiger partial charge in [0, 0.05) is 18.0 Å². The molecule has 1 aromatic rings. The SMILES string of the molecule is OC[C@]12CC[C@H](n3cc(Br)cn3)C[C@@]1(O)COC2. The van der Waals surface area contributed by atoms with Gasteiger partial charge in [0.15, 0.2) is 0 Å². The van der Waals surface area contributed by atoms with Gasteiger partial charge in [-0.3, -0.25) is 4.68 Å². The molecule has 3 rings (SSSR count). The van der Waals surface area contributed by atoms with Crippen molar-refractivity contribution in [2.24, 2.45) is 5.41 Å². The molecule has 0 unspecified atom stereocenters. The van der Waals surface area contributed by atoms with Crippen LogP contribution in [0, 0.1) is 5.41 Å². The molecule has 5 nitrogen and oxygen atoms in total. The number of aromatic nitrogens is 2. The number of halogens is 1. The lowest BCUT2D eigenvalue weighted by atomic mass is 9.64. The van der Waals surface area contributed by atoms with Gasteiger partial charge in [0.25, 0.3) is 0 Å². The summed E-state index contributed by atoms with van der Waals surface area (Å²) in [4.78, 5) is 0. The third-order valence-electron chi connectivity index (χ3n) is 4.48. The fraction of sp³-hybridized carbons (Fsp3) is 0.750.